The molecule has 0 amide bonds. The molecule has 0 aliphatic carbocycles. The smallest absolute Gasteiger partial charge is 0.0683 e. The molecule has 0 radical (unpaired) electrons. The zero-order valence-electron chi connectivity index (χ0n) is 11.8. The van der Waals surface area contributed by atoms with Gasteiger partial charge in [-0.05, 0) is 47.3 Å². The largest absolute Gasteiger partial charge is 0.379 e. The third-order valence-electron chi connectivity index (χ3n) is 2.56. The maximum absolute atomic E-state index is 8.84. The molecule has 17 heavy (non-hydrogen) atoms. The lowest BCUT2D eigenvalue weighted by molar-refractivity contribution is 0.119. The van der Waals surface area contributed by atoms with Gasteiger partial charge >= 0.3 is 0 Å². The van der Waals surface area contributed by atoms with Gasteiger partial charge in [0.1, 0.15) is 0 Å². The van der Waals surface area contributed by atoms with Crippen molar-refractivity contribution in [3.63, 3.8) is 0 Å². The minimum Gasteiger partial charge on any atom is -0.379 e. The summed E-state index contributed by atoms with van der Waals surface area (Å²) in [7, 11) is 4.08. The molecule has 0 spiro atoms. The molecular formula is C13H27N3O. The third kappa shape index (κ3) is 11.6. The molecule has 0 rings (SSSR count). The number of likely N-dealkylation sites (N-methyl/N-ethyl adjacent to an activating group) is 1. The van der Waals surface area contributed by atoms with Gasteiger partial charge in [0.15, 0.2) is 0 Å². The average Bonchev–Trinajstić information content (AvgIpc) is 2.26. The molecule has 4 nitrogen and oxygen atoms in total. The van der Waals surface area contributed by atoms with Crippen molar-refractivity contribution in [2.24, 2.45) is 5.41 Å². The second kappa shape index (κ2) is 9.41. The summed E-state index contributed by atoms with van der Waals surface area (Å²) >= 11 is 0. The quantitative estimate of drug-likeness (QED) is 0.589. The Labute approximate surface area is 106 Å². The first-order valence-electron chi connectivity index (χ1n) is 6.32. The van der Waals surface area contributed by atoms with Crippen LogP contribution in [0, 0.1) is 16.7 Å². The van der Waals surface area contributed by atoms with E-state index in [4.69, 9.17) is 10.00 Å². The minimum absolute atomic E-state index is 0.191. The highest BCUT2D eigenvalue weighted by atomic mass is 16.5. The number of rotatable bonds is 10. The Kier molecular flexibility index (Phi) is 9.06. The molecule has 0 saturated carbocycles. The molecule has 0 unspecified atom stereocenters. The first-order valence-corrected chi connectivity index (χ1v) is 6.32. The fourth-order valence-corrected chi connectivity index (χ4v) is 1.33. The van der Waals surface area contributed by atoms with Crippen LogP contribution in [0.4, 0.5) is 0 Å². The number of nitrogens with one attached hydrogen (secondary N) is 1. The summed E-state index contributed by atoms with van der Waals surface area (Å²) in [5.41, 5.74) is -0.191. The molecule has 0 heterocycles. The van der Waals surface area contributed by atoms with E-state index in [0.29, 0.717) is 0 Å². The SMILES string of the molecule is CN(C)CCOCCNCCCC(C)(C)C#N. The van der Waals surface area contributed by atoms with E-state index in [-0.39, 0.29) is 5.41 Å². The molecule has 0 aromatic heterocycles. The Morgan fingerprint density at radius 2 is 1.94 bits per heavy atom. The standard InChI is InChI=1S/C13H27N3O/c1-13(2,12-14)6-5-7-15-8-10-17-11-9-16(3)4/h15H,5-11H2,1-4H3. The van der Waals surface area contributed by atoms with E-state index in [1.54, 1.807) is 0 Å². The molecule has 0 aliphatic rings. The van der Waals surface area contributed by atoms with E-state index in [2.05, 4.69) is 16.3 Å². The van der Waals surface area contributed by atoms with E-state index in [1.807, 2.05) is 27.9 Å². The Balaban J connectivity index is 3.17. The molecule has 100 valence electrons. The van der Waals surface area contributed by atoms with E-state index >= 15 is 0 Å². The number of nitrogens with zero attached hydrogens (tertiary/aromatic N) is 2. The Hall–Kier alpha value is -0.630. The van der Waals surface area contributed by atoms with Gasteiger partial charge in [-0.25, -0.2) is 0 Å². The first-order chi connectivity index (χ1) is 7.98. The summed E-state index contributed by atoms with van der Waals surface area (Å²) in [6.07, 6.45) is 1.98. The van der Waals surface area contributed by atoms with Crippen LogP contribution in [0.5, 0.6) is 0 Å². The highest BCUT2D eigenvalue weighted by molar-refractivity contribution is 4.91. The summed E-state index contributed by atoms with van der Waals surface area (Å²) in [5, 5.41) is 12.2. The summed E-state index contributed by atoms with van der Waals surface area (Å²) in [5.74, 6) is 0. The zero-order chi connectivity index (χ0) is 13.1. The van der Waals surface area contributed by atoms with Crippen LogP contribution in [0.15, 0.2) is 0 Å². The summed E-state index contributed by atoms with van der Waals surface area (Å²) in [6.45, 7) is 8.33. The van der Waals surface area contributed by atoms with Crippen molar-refractivity contribution in [2.45, 2.75) is 26.7 Å². The Morgan fingerprint density at radius 3 is 2.53 bits per heavy atom. The predicted octanol–water partition coefficient (Wildman–Crippen LogP) is 1.48. The van der Waals surface area contributed by atoms with Gasteiger partial charge in [-0.3, -0.25) is 0 Å². The molecular weight excluding hydrogens is 214 g/mol. The second-order valence-corrected chi connectivity index (χ2v) is 5.26. The van der Waals surface area contributed by atoms with Gasteiger partial charge in [-0.2, -0.15) is 5.26 Å². The van der Waals surface area contributed by atoms with E-state index in [1.165, 1.54) is 0 Å². The van der Waals surface area contributed by atoms with Gasteiger partial charge in [0.2, 0.25) is 0 Å². The molecule has 0 aromatic carbocycles. The van der Waals surface area contributed by atoms with E-state index < -0.39 is 0 Å². The highest BCUT2D eigenvalue weighted by Crippen LogP contribution is 2.19. The lowest BCUT2D eigenvalue weighted by atomic mass is 9.90. The molecule has 4 heteroatoms. The molecule has 0 aliphatic heterocycles. The normalized spacial score (nSPS) is 11.8. The fourth-order valence-electron chi connectivity index (χ4n) is 1.33. The summed E-state index contributed by atoms with van der Waals surface area (Å²) in [6, 6.07) is 2.31. The maximum Gasteiger partial charge on any atom is 0.0683 e. The first kappa shape index (κ1) is 16.4. The van der Waals surface area contributed by atoms with Crippen molar-refractivity contribution in [1.82, 2.24) is 10.2 Å². The van der Waals surface area contributed by atoms with Crippen molar-refractivity contribution in [3.8, 4) is 6.07 Å². The van der Waals surface area contributed by atoms with E-state index in [0.717, 1.165) is 45.7 Å². The third-order valence-corrected chi connectivity index (χ3v) is 2.56. The van der Waals surface area contributed by atoms with Crippen LogP contribution in [-0.4, -0.2) is 51.8 Å². The van der Waals surface area contributed by atoms with Gasteiger partial charge in [0, 0.05) is 13.1 Å². The van der Waals surface area contributed by atoms with E-state index in [9.17, 15) is 0 Å². The lowest BCUT2D eigenvalue weighted by Crippen LogP contribution is -2.24. The average molecular weight is 241 g/mol. The number of ether oxygens (including phenoxy) is 1. The molecule has 0 aromatic rings. The van der Waals surface area contributed by atoms with Crippen LogP contribution >= 0.6 is 0 Å². The molecule has 1 N–H and O–H groups in total. The number of hydrogen-bond donors (Lipinski definition) is 1. The Bertz CT molecular complexity index is 221. The van der Waals surface area contributed by atoms with Gasteiger partial charge in [-0.15, -0.1) is 0 Å². The summed E-state index contributed by atoms with van der Waals surface area (Å²) in [4.78, 5) is 2.11. The maximum atomic E-state index is 8.84. The molecule has 0 saturated heterocycles. The number of hydrogen-bond acceptors (Lipinski definition) is 4. The van der Waals surface area contributed by atoms with Crippen molar-refractivity contribution in [2.75, 3.05) is 46.9 Å². The molecule has 0 atom stereocenters. The van der Waals surface area contributed by atoms with Crippen LogP contribution in [0.25, 0.3) is 0 Å². The van der Waals surface area contributed by atoms with Gasteiger partial charge < -0.3 is 15.0 Å². The minimum atomic E-state index is -0.191. The Morgan fingerprint density at radius 1 is 1.24 bits per heavy atom. The van der Waals surface area contributed by atoms with Crippen LogP contribution in [0.3, 0.4) is 0 Å². The second-order valence-electron chi connectivity index (χ2n) is 5.26. The predicted molar refractivity (Wildman–Crippen MR) is 70.9 cm³/mol. The molecule has 0 bridgehead atoms. The topological polar surface area (TPSA) is 48.3 Å². The highest BCUT2D eigenvalue weighted by Gasteiger charge is 2.14. The van der Waals surface area contributed by atoms with Crippen LogP contribution in [0.2, 0.25) is 0 Å². The monoisotopic (exact) mass is 241 g/mol. The van der Waals surface area contributed by atoms with Gasteiger partial charge in [0.25, 0.3) is 0 Å². The lowest BCUT2D eigenvalue weighted by Gasteiger charge is -2.14. The van der Waals surface area contributed by atoms with Crippen LogP contribution in [-0.2, 0) is 4.74 Å². The summed E-state index contributed by atoms with van der Waals surface area (Å²) < 4.78 is 5.46. The van der Waals surface area contributed by atoms with Crippen LogP contribution in [0.1, 0.15) is 26.7 Å². The zero-order valence-corrected chi connectivity index (χ0v) is 11.8. The van der Waals surface area contributed by atoms with Crippen molar-refractivity contribution in [3.05, 3.63) is 0 Å². The van der Waals surface area contributed by atoms with Crippen molar-refractivity contribution < 1.29 is 4.74 Å². The molecule has 0 fully saturated rings. The van der Waals surface area contributed by atoms with Gasteiger partial charge in [-0.1, -0.05) is 0 Å². The van der Waals surface area contributed by atoms with Crippen LogP contribution < -0.4 is 5.32 Å². The van der Waals surface area contributed by atoms with Crippen molar-refractivity contribution in [1.29, 1.82) is 5.26 Å². The van der Waals surface area contributed by atoms with Gasteiger partial charge in [0.05, 0.1) is 24.7 Å². The number of nitriles is 1. The van der Waals surface area contributed by atoms with Crippen molar-refractivity contribution >= 4 is 0 Å². The fraction of sp³-hybridized carbons (Fsp3) is 0.923.